The highest BCUT2D eigenvalue weighted by Crippen LogP contribution is 2.37. The summed E-state index contributed by atoms with van der Waals surface area (Å²) >= 11 is 0. The fourth-order valence-electron chi connectivity index (χ4n) is 2.12. The van der Waals surface area contributed by atoms with Crippen LogP contribution in [-0.2, 0) is 14.0 Å². The Morgan fingerprint density at radius 1 is 1.23 bits per heavy atom. The van der Waals surface area contributed by atoms with Crippen molar-refractivity contribution in [1.82, 2.24) is 0 Å². The number of anilines is 1. The molecule has 120 valence electrons. The van der Waals surface area contributed by atoms with Crippen molar-refractivity contribution in [2.45, 2.75) is 38.9 Å². The van der Waals surface area contributed by atoms with E-state index in [0.29, 0.717) is 0 Å². The first-order valence-corrected chi connectivity index (χ1v) is 6.73. The zero-order valence-corrected chi connectivity index (χ0v) is 13.1. The van der Waals surface area contributed by atoms with E-state index in [4.69, 9.17) is 15.0 Å². The zero-order valence-electron chi connectivity index (χ0n) is 13.1. The van der Waals surface area contributed by atoms with E-state index in [9.17, 15) is 13.6 Å². The predicted octanol–water partition coefficient (Wildman–Crippen LogP) is 1.63. The Balaban J connectivity index is 2.50. The number of carbonyl (C=O) groups excluding carboxylic acids is 1. The van der Waals surface area contributed by atoms with Crippen LogP contribution in [0.3, 0.4) is 0 Å². The molecule has 0 saturated carbocycles. The standard InChI is InChI=1S/C14H18BF2NO4/c1-13(2)14(3,4)22-15(21-13)7-6-8(16)9(12(19)20-5)11(18)10(7)17/h6H,18H2,1-5H3. The number of halogens is 2. The van der Waals surface area contributed by atoms with E-state index >= 15 is 0 Å². The van der Waals surface area contributed by atoms with Gasteiger partial charge in [0.2, 0.25) is 0 Å². The molecular formula is C14H18BF2NO4. The van der Waals surface area contributed by atoms with Gasteiger partial charge >= 0.3 is 13.1 Å². The smallest absolute Gasteiger partial charge is 0.465 e. The Kier molecular flexibility index (Phi) is 3.95. The first kappa shape index (κ1) is 16.7. The van der Waals surface area contributed by atoms with Crippen molar-refractivity contribution in [3.63, 3.8) is 0 Å². The molecule has 1 aromatic carbocycles. The number of methoxy groups -OCH3 is 1. The molecule has 1 fully saturated rings. The molecule has 0 spiro atoms. The molecule has 1 aromatic rings. The highest BCUT2D eigenvalue weighted by atomic mass is 19.1. The monoisotopic (exact) mass is 313 g/mol. The minimum atomic E-state index is -1.12. The topological polar surface area (TPSA) is 70.8 Å². The Bertz CT molecular complexity index is 618. The van der Waals surface area contributed by atoms with Crippen LogP contribution in [0.1, 0.15) is 38.1 Å². The van der Waals surface area contributed by atoms with E-state index in [2.05, 4.69) is 4.74 Å². The molecule has 0 aliphatic carbocycles. The number of hydrogen-bond donors (Lipinski definition) is 1. The largest absolute Gasteiger partial charge is 0.498 e. The average molecular weight is 313 g/mol. The molecule has 2 rings (SSSR count). The van der Waals surface area contributed by atoms with Gasteiger partial charge in [-0.15, -0.1) is 0 Å². The van der Waals surface area contributed by atoms with Gasteiger partial charge in [0.25, 0.3) is 0 Å². The molecular weight excluding hydrogens is 295 g/mol. The van der Waals surface area contributed by atoms with Crippen molar-refractivity contribution < 1.29 is 27.6 Å². The van der Waals surface area contributed by atoms with E-state index in [0.717, 1.165) is 13.2 Å². The Morgan fingerprint density at radius 3 is 2.18 bits per heavy atom. The molecule has 5 nitrogen and oxygen atoms in total. The van der Waals surface area contributed by atoms with Gasteiger partial charge in [-0.3, -0.25) is 0 Å². The van der Waals surface area contributed by atoms with Gasteiger partial charge in [-0.1, -0.05) is 0 Å². The van der Waals surface area contributed by atoms with Gasteiger partial charge in [-0.05, 0) is 33.8 Å². The van der Waals surface area contributed by atoms with Crippen LogP contribution in [0.25, 0.3) is 0 Å². The van der Waals surface area contributed by atoms with Crippen LogP contribution >= 0.6 is 0 Å². The van der Waals surface area contributed by atoms with Gasteiger partial charge in [0.05, 0.1) is 24.0 Å². The molecule has 0 amide bonds. The molecule has 1 heterocycles. The number of ether oxygens (including phenoxy) is 1. The van der Waals surface area contributed by atoms with Crippen molar-refractivity contribution in [2.75, 3.05) is 12.8 Å². The average Bonchev–Trinajstić information content (AvgIpc) is 2.62. The summed E-state index contributed by atoms with van der Waals surface area (Å²) in [5.41, 5.74) is 2.65. The molecule has 1 aliphatic heterocycles. The lowest BCUT2D eigenvalue weighted by atomic mass is 9.77. The molecule has 1 saturated heterocycles. The Labute approximate surface area is 127 Å². The normalized spacial score (nSPS) is 19.3. The lowest BCUT2D eigenvalue weighted by molar-refractivity contribution is 0.00578. The van der Waals surface area contributed by atoms with Gasteiger partial charge in [-0.2, -0.15) is 0 Å². The summed E-state index contributed by atoms with van der Waals surface area (Å²) in [6.45, 7) is 7.14. The summed E-state index contributed by atoms with van der Waals surface area (Å²) in [4.78, 5) is 11.5. The molecule has 0 aromatic heterocycles. The van der Waals surface area contributed by atoms with E-state index in [1.165, 1.54) is 0 Å². The van der Waals surface area contributed by atoms with E-state index in [1.807, 2.05) is 0 Å². The van der Waals surface area contributed by atoms with Gasteiger partial charge in [-0.25, -0.2) is 13.6 Å². The number of nitrogen functional groups attached to an aromatic ring is 1. The van der Waals surface area contributed by atoms with Crippen LogP contribution in [-0.4, -0.2) is 31.4 Å². The summed E-state index contributed by atoms with van der Waals surface area (Å²) in [7, 11) is -0.0603. The van der Waals surface area contributed by atoms with E-state index in [1.54, 1.807) is 27.7 Å². The molecule has 2 N–H and O–H groups in total. The van der Waals surface area contributed by atoms with E-state index in [-0.39, 0.29) is 5.46 Å². The highest BCUT2D eigenvalue weighted by Gasteiger charge is 2.53. The second-order valence-electron chi connectivity index (χ2n) is 6.13. The molecule has 22 heavy (non-hydrogen) atoms. The quantitative estimate of drug-likeness (QED) is 0.510. The van der Waals surface area contributed by atoms with Crippen molar-refractivity contribution in [3.8, 4) is 0 Å². The summed E-state index contributed by atoms with van der Waals surface area (Å²) < 4.78 is 44.3. The SMILES string of the molecule is COC(=O)c1c(F)cc(B2OC(C)(C)C(C)(C)O2)c(F)c1N. The number of esters is 1. The maximum absolute atomic E-state index is 14.4. The second kappa shape index (κ2) is 5.21. The number of rotatable bonds is 2. The van der Waals surface area contributed by atoms with Gasteiger partial charge in [0.15, 0.2) is 0 Å². The number of carbonyl (C=O) groups is 1. The summed E-state index contributed by atoms with van der Waals surface area (Å²) in [5.74, 6) is -3.00. The van der Waals surface area contributed by atoms with Crippen LogP contribution in [0.2, 0.25) is 0 Å². The minimum absolute atomic E-state index is 0.193. The fourth-order valence-corrected chi connectivity index (χ4v) is 2.12. The molecule has 0 atom stereocenters. The summed E-state index contributed by atoms with van der Waals surface area (Å²) in [6, 6.07) is 0.847. The minimum Gasteiger partial charge on any atom is -0.465 e. The van der Waals surface area contributed by atoms with Crippen LogP contribution in [0.5, 0.6) is 0 Å². The zero-order chi connectivity index (χ0) is 16.9. The predicted molar refractivity (Wildman–Crippen MR) is 77.8 cm³/mol. The maximum atomic E-state index is 14.4. The number of benzene rings is 1. The first-order chi connectivity index (χ1) is 10.0. The number of nitrogens with two attached hydrogens (primary N) is 1. The van der Waals surface area contributed by atoms with E-state index < -0.39 is 47.2 Å². The van der Waals surface area contributed by atoms with Crippen LogP contribution in [0.4, 0.5) is 14.5 Å². The molecule has 1 aliphatic rings. The van der Waals surface area contributed by atoms with Crippen LogP contribution in [0.15, 0.2) is 6.07 Å². The molecule has 0 radical (unpaired) electrons. The van der Waals surface area contributed by atoms with Crippen molar-refractivity contribution in [2.24, 2.45) is 0 Å². The maximum Gasteiger partial charge on any atom is 0.498 e. The van der Waals surface area contributed by atoms with Crippen LogP contribution < -0.4 is 11.2 Å². The lowest BCUT2D eigenvalue weighted by Gasteiger charge is -2.32. The second-order valence-corrected chi connectivity index (χ2v) is 6.13. The first-order valence-electron chi connectivity index (χ1n) is 6.73. The van der Waals surface area contributed by atoms with Crippen molar-refractivity contribution in [1.29, 1.82) is 0 Å². The summed E-state index contributed by atoms with van der Waals surface area (Å²) in [6.07, 6.45) is 0. The third-order valence-corrected chi connectivity index (χ3v) is 4.18. The Hall–Kier alpha value is -1.67. The van der Waals surface area contributed by atoms with Crippen molar-refractivity contribution in [3.05, 3.63) is 23.3 Å². The van der Waals surface area contributed by atoms with Gasteiger partial charge in [0, 0.05) is 5.46 Å². The molecule has 0 bridgehead atoms. The van der Waals surface area contributed by atoms with Crippen molar-refractivity contribution >= 4 is 24.2 Å². The third kappa shape index (κ3) is 2.46. The Morgan fingerprint density at radius 2 is 1.73 bits per heavy atom. The van der Waals surface area contributed by atoms with Gasteiger partial charge in [0.1, 0.15) is 17.2 Å². The molecule has 8 heteroatoms. The fraction of sp³-hybridized carbons (Fsp3) is 0.500. The third-order valence-electron chi connectivity index (χ3n) is 4.18. The lowest BCUT2D eigenvalue weighted by Crippen LogP contribution is -2.41. The summed E-state index contributed by atoms with van der Waals surface area (Å²) in [5, 5.41) is 0. The number of hydrogen-bond acceptors (Lipinski definition) is 5. The highest BCUT2D eigenvalue weighted by molar-refractivity contribution is 6.62. The molecule has 0 unspecified atom stereocenters. The van der Waals surface area contributed by atoms with Crippen LogP contribution in [0, 0.1) is 11.6 Å². The van der Waals surface area contributed by atoms with Gasteiger partial charge < -0.3 is 19.8 Å².